The number of rotatable bonds is 2. The Balaban J connectivity index is 1.90. The van der Waals surface area contributed by atoms with Crippen LogP contribution >= 0.6 is 22.6 Å². The highest BCUT2D eigenvalue weighted by Crippen LogP contribution is 2.24. The van der Waals surface area contributed by atoms with Crippen molar-refractivity contribution in [2.45, 2.75) is 19.9 Å². The van der Waals surface area contributed by atoms with Crippen LogP contribution in [0.25, 0.3) is 0 Å². The molecule has 0 unspecified atom stereocenters. The Hall–Kier alpha value is -1.40. The smallest absolute Gasteiger partial charge is 0.256 e. The van der Waals surface area contributed by atoms with Gasteiger partial charge in [-0.1, -0.05) is 24.3 Å². The summed E-state index contributed by atoms with van der Waals surface area (Å²) in [5.41, 5.74) is 5.34. The van der Waals surface area contributed by atoms with E-state index < -0.39 is 0 Å². The number of hydrogen-bond acceptors (Lipinski definition) is 2. The van der Waals surface area contributed by atoms with E-state index in [1.165, 1.54) is 11.1 Å². The first kappa shape index (κ1) is 14.5. The van der Waals surface area contributed by atoms with Crippen LogP contribution in [-0.4, -0.2) is 12.5 Å². The van der Waals surface area contributed by atoms with Crippen LogP contribution in [0.1, 0.15) is 27.0 Å². The number of amides is 1. The summed E-state index contributed by atoms with van der Waals surface area (Å²) < 4.78 is 1.01. The van der Waals surface area contributed by atoms with Gasteiger partial charge >= 0.3 is 0 Å². The molecule has 0 atom stereocenters. The van der Waals surface area contributed by atoms with Gasteiger partial charge in [-0.2, -0.15) is 0 Å². The Morgan fingerprint density at radius 3 is 2.90 bits per heavy atom. The molecule has 0 aliphatic carbocycles. The van der Waals surface area contributed by atoms with Crippen LogP contribution in [0.15, 0.2) is 36.4 Å². The maximum atomic E-state index is 12.5. The van der Waals surface area contributed by atoms with E-state index in [1.807, 2.05) is 37.3 Å². The van der Waals surface area contributed by atoms with E-state index in [4.69, 9.17) is 0 Å². The fourth-order valence-corrected chi connectivity index (χ4v) is 3.27. The molecule has 108 valence electrons. The number of hydrogen-bond donors (Lipinski definition) is 2. The Kier molecular flexibility index (Phi) is 4.26. The monoisotopic (exact) mass is 392 g/mol. The van der Waals surface area contributed by atoms with Gasteiger partial charge in [0.25, 0.3) is 5.91 Å². The average Bonchev–Trinajstić information content (AvgIpc) is 2.50. The maximum Gasteiger partial charge on any atom is 0.256 e. The number of benzene rings is 2. The van der Waals surface area contributed by atoms with Crippen LogP contribution in [0.5, 0.6) is 0 Å². The van der Waals surface area contributed by atoms with Crippen molar-refractivity contribution in [3.05, 3.63) is 62.2 Å². The zero-order valence-corrected chi connectivity index (χ0v) is 14.0. The average molecular weight is 392 g/mol. The van der Waals surface area contributed by atoms with Gasteiger partial charge in [-0.3, -0.25) is 4.79 Å². The van der Waals surface area contributed by atoms with Crippen LogP contribution < -0.4 is 10.6 Å². The van der Waals surface area contributed by atoms with Crippen molar-refractivity contribution in [2.75, 3.05) is 11.9 Å². The highest BCUT2D eigenvalue weighted by molar-refractivity contribution is 14.1. The first-order valence-electron chi connectivity index (χ1n) is 7.05. The molecule has 0 bridgehead atoms. The van der Waals surface area contributed by atoms with E-state index in [-0.39, 0.29) is 5.91 Å². The Morgan fingerprint density at radius 2 is 2.05 bits per heavy atom. The van der Waals surface area contributed by atoms with Gasteiger partial charge in [0.05, 0.1) is 5.56 Å². The Morgan fingerprint density at radius 1 is 1.24 bits per heavy atom. The number of anilines is 1. The maximum absolute atomic E-state index is 12.5. The van der Waals surface area contributed by atoms with Gasteiger partial charge < -0.3 is 10.6 Å². The quantitative estimate of drug-likeness (QED) is 0.769. The fraction of sp³-hybridized carbons (Fsp3) is 0.235. The fourth-order valence-electron chi connectivity index (χ4n) is 2.66. The lowest BCUT2D eigenvalue weighted by molar-refractivity contribution is 0.102. The molecular formula is C17H17IN2O. The van der Waals surface area contributed by atoms with E-state index in [0.717, 1.165) is 39.9 Å². The minimum Gasteiger partial charge on any atom is -0.322 e. The summed E-state index contributed by atoms with van der Waals surface area (Å²) in [6, 6.07) is 11.9. The lowest BCUT2D eigenvalue weighted by atomic mass is 9.99. The molecule has 1 amide bonds. The SMILES string of the molecule is Cc1cccc(C(=O)Nc2cccc3c2CCNC3)c1I. The molecule has 0 fully saturated rings. The van der Waals surface area contributed by atoms with Crippen molar-refractivity contribution in [1.82, 2.24) is 5.32 Å². The third-order valence-electron chi connectivity index (χ3n) is 3.82. The highest BCUT2D eigenvalue weighted by atomic mass is 127. The minimum absolute atomic E-state index is 0.0324. The molecule has 1 aliphatic rings. The molecule has 2 aromatic carbocycles. The summed E-state index contributed by atoms with van der Waals surface area (Å²) in [4.78, 5) is 12.5. The minimum atomic E-state index is -0.0324. The zero-order valence-electron chi connectivity index (χ0n) is 11.9. The Bertz CT molecular complexity index is 697. The molecule has 0 saturated heterocycles. The van der Waals surface area contributed by atoms with Crippen LogP contribution in [-0.2, 0) is 13.0 Å². The second-order valence-electron chi connectivity index (χ2n) is 5.26. The normalized spacial score (nSPS) is 13.6. The van der Waals surface area contributed by atoms with E-state index in [1.54, 1.807) is 0 Å². The van der Waals surface area contributed by atoms with Gasteiger partial charge in [0.2, 0.25) is 0 Å². The van der Waals surface area contributed by atoms with Crippen LogP contribution in [0.2, 0.25) is 0 Å². The summed E-state index contributed by atoms with van der Waals surface area (Å²) in [6.45, 7) is 3.86. The molecule has 21 heavy (non-hydrogen) atoms. The lowest BCUT2D eigenvalue weighted by Gasteiger charge is -2.20. The zero-order chi connectivity index (χ0) is 14.8. The number of carbonyl (C=O) groups is 1. The first-order chi connectivity index (χ1) is 10.2. The summed E-state index contributed by atoms with van der Waals surface area (Å²) in [6.07, 6.45) is 0.955. The van der Waals surface area contributed by atoms with Gasteiger partial charge in [0, 0.05) is 15.8 Å². The van der Waals surface area contributed by atoms with Crippen LogP contribution in [0.4, 0.5) is 5.69 Å². The van der Waals surface area contributed by atoms with Crippen molar-refractivity contribution in [2.24, 2.45) is 0 Å². The second-order valence-corrected chi connectivity index (χ2v) is 6.34. The predicted octanol–water partition coefficient (Wildman–Crippen LogP) is 3.50. The van der Waals surface area contributed by atoms with Crippen LogP contribution in [0, 0.1) is 10.5 Å². The molecule has 2 aromatic rings. The van der Waals surface area contributed by atoms with Crippen molar-refractivity contribution in [3.8, 4) is 0 Å². The van der Waals surface area contributed by atoms with Gasteiger partial charge in [-0.15, -0.1) is 0 Å². The molecule has 0 radical (unpaired) electrons. The summed E-state index contributed by atoms with van der Waals surface area (Å²) in [5.74, 6) is -0.0324. The van der Waals surface area contributed by atoms with Crippen molar-refractivity contribution in [1.29, 1.82) is 0 Å². The number of carbonyl (C=O) groups excluding carboxylic acids is 1. The number of halogens is 1. The van der Waals surface area contributed by atoms with Crippen molar-refractivity contribution >= 4 is 34.2 Å². The summed E-state index contributed by atoms with van der Waals surface area (Å²) in [7, 11) is 0. The van der Waals surface area contributed by atoms with Gasteiger partial charge in [-0.25, -0.2) is 0 Å². The lowest BCUT2D eigenvalue weighted by Crippen LogP contribution is -2.25. The molecule has 2 N–H and O–H groups in total. The van der Waals surface area contributed by atoms with Crippen LogP contribution in [0.3, 0.4) is 0 Å². The standard InChI is InChI=1S/C17H17IN2O/c1-11-4-2-6-14(16(11)18)17(21)20-15-7-3-5-12-10-19-9-8-13(12)15/h2-7,19H,8-10H2,1H3,(H,20,21). The van der Waals surface area contributed by atoms with E-state index in [0.29, 0.717) is 0 Å². The topological polar surface area (TPSA) is 41.1 Å². The van der Waals surface area contributed by atoms with E-state index in [9.17, 15) is 4.79 Å². The van der Waals surface area contributed by atoms with Gasteiger partial charge in [0.15, 0.2) is 0 Å². The number of nitrogens with one attached hydrogen (secondary N) is 2. The molecule has 0 aromatic heterocycles. The summed E-state index contributed by atoms with van der Waals surface area (Å²) >= 11 is 2.24. The molecular weight excluding hydrogens is 375 g/mol. The second kappa shape index (κ2) is 6.15. The Labute approximate surface area is 138 Å². The van der Waals surface area contributed by atoms with E-state index in [2.05, 4.69) is 39.3 Å². The summed E-state index contributed by atoms with van der Waals surface area (Å²) in [5, 5.41) is 6.44. The molecule has 4 heteroatoms. The van der Waals surface area contributed by atoms with E-state index >= 15 is 0 Å². The van der Waals surface area contributed by atoms with Gasteiger partial charge in [0.1, 0.15) is 0 Å². The predicted molar refractivity (Wildman–Crippen MR) is 93.7 cm³/mol. The molecule has 3 nitrogen and oxygen atoms in total. The largest absolute Gasteiger partial charge is 0.322 e. The highest BCUT2D eigenvalue weighted by Gasteiger charge is 2.16. The van der Waals surface area contributed by atoms with Crippen molar-refractivity contribution in [3.63, 3.8) is 0 Å². The molecule has 0 spiro atoms. The molecule has 1 heterocycles. The number of fused-ring (bicyclic) bond motifs is 1. The first-order valence-corrected chi connectivity index (χ1v) is 8.12. The molecule has 0 saturated carbocycles. The third kappa shape index (κ3) is 2.96. The third-order valence-corrected chi connectivity index (χ3v) is 5.26. The van der Waals surface area contributed by atoms with Crippen molar-refractivity contribution < 1.29 is 4.79 Å². The van der Waals surface area contributed by atoms with Gasteiger partial charge in [-0.05, 0) is 71.3 Å². The molecule has 1 aliphatic heterocycles. The molecule has 3 rings (SSSR count). The number of aryl methyl sites for hydroxylation is 1.